The van der Waals surface area contributed by atoms with Crippen LogP contribution >= 0.6 is 0 Å². The van der Waals surface area contributed by atoms with Crippen molar-refractivity contribution in [1.29, 1.82) is 0 Å². The number of ether oxygens (including phenoxy) is 1. The molecule has 1 spiro atoms. The Balaban J connectivity index is 1.83. The van der Waals surface area contributed by atoms with Gasteiger partial charge in [0.05, 0.1) is 5.92 Å². The molecule has 25 heavy (non-hydrogen) atoms. The molecule has 0 saturated heterocycles. The highest BCUT2D eigenvalue weighted by molar-refractivity contribution is 5.94. The van der Waals surface area contributed by atoms with E-state index in [9.17, 15) is 13.2 Å². The van der Waals surface area contributed by atoms with Gasteiger partial charge in [0.25, 0.3) is 0 Å². The maximum Gasteiger partial charge on any atom is 0.395 e. The minimum Gasteiger partial charge on any atom is -0.465 e. The number of halogens is 3. The minimum absolute atomic E-state index is 0.0442. The van der Waals surface area contributed by atoms with Gasteiger partial charge >= 0.3 is 6.18 Å². The number of rotatable bonds is 1. The summed E-state index contributed by atoms with van der Waals surface area (Å²) in [6.45, 7) is 0.325. The molecule has 2 aromatic carbocycles. The molecule has 0 amide bonds. The highest BCUT2D eigenvalue weighted by Crippen LogP contribution is 2.53. The highest BCUT2D eigenvalue weighted by atomic mass is 19.4. The summed E-state index contributed by atoms with van der Waals surface area (Å²) < 4.78 is 47.7. The van der Waals surface area contributed by atoms with Crippen LogP contribution in [0.15, 0.2) is 59.6 Å². The standard InChI is InChI=1S/C20H18F3NO/c21-20(22,23)17-11-10-14-6-4-5-9-16(14)19(17)12-13-24-18(25-19)15-7-2-1-3-8-15/h1-9,17H,10-13H2. The Bertz CT molecular complexity index is 800. The summed E-state index contributed by atoms with van der Waals surface area (Å²) in [6, 6.07) is 16.5. The van der Waals surface area contributed by atoms with Gasteiger partial charge in [0.2, 0.25) is 5.90 Å². The first-order valence-corrected chi connectivity index (χ1v) is 8.45. The van der Waals surface area contributed by atoms with Crippen molar-refractivity contribution in [1.82, 2.24) is 0 Å². The first kappa shape index (κ1) is 16.2. The number of hydrogen-bond donors (Lipinski definition) is 0. The Morgan fingerprint density at radius 1 is 1.00 bits per heavy atom. The van der Waals surface area contributed by atoms with Gasteiger partial charge in [-0.25, -0.2) is 0 Å². The zero-order valence-electron chi connectivity index (χ0n) is 13.6. The summed E-state index contributed by atoms with van der Waals surface area (Å²) in [4.78, 5) is 4.37. The summed E-state index contributed by atoms with van der Waals surface area (Å²) in [6.07, 6.45) is -3.61. The number of aliphatic imine (C=N–C) groups is 1. The predicted octanol–water partition coefficient (Wildman–Crippen LogP) is 4.87. The van der Waals surface area contributed by atoms with E-state index in [-0.39, 0.29) is 12.8 Å². The Morgan fingerprint density at radius 3 is 2.48 bits per heavy atom. The Labute approximate surface area is 144 Å². The van der Waals surface area contributed by atoms with Crippen LogP contribution in [0, 0.1) is 5.92 Å². The SMILES string of the molecule is FC(F)(F)C1CCc2ccccc2C12CCN=C(c1ccccc1)O2. The van der Waals surface area contributed by atoms with Crippen molar-refractivity contribution in [3.63, 3.8) is 0 Å². The second-order valence-electron chi connectivity index (χ2n) is 6.58. The predicted molar refractivity (Wildman–Crippen MR) is 89.5 cm³/mol. The first-order valence-electron chi connectivity index (χ1n) is 8.45. The van der Waals surface area contributed by atoms with Crippen molar-refractivity contribution >= 4 is 5.90 Å². The molecule has 2 unspecified atom stereocenters. The maximum atomic E-state index is 13.9. The van der Waals surface area contributed by atoms with Crippen LogP contribution < -0.4 is 0 Å². The molecular formula is C20H18F3NO. The van der Waals surface area contributed by atoms with Crippen LogP contribution in [-0.2, 0) is 16.8 Å². The molecule has 0 N–H and O–H groups in total. The van der Waals surface area contributed by atoms with Gasteiger partial charge < -0.3 is 4.74 Å². The van der Waals surface area contributed by atoms with E-state index < -0.39 is 17.7 Å². The third kappa shape index (κ3) is 2.71. The van der Waals surface area contributed by atoms with Gasteiger partial charge in [0, 0.05) is 18.5 Å². The van der Waals surface area contributed by atoms with Crippen LogP contribution in [0.2, 0.25) is 0 Å². The van der Waals surface area contributed by atoms with E-state index in [0.717, 1.165) is 5.56 Å². The van der Waals surface area contributed by atoms with E-state index >= 15 is 0 Å². The molecule has 130 valence electrons. The molecule has 2 nitrogen and oxygen atoms in total. The van der Waals surface area contributed by atoms with Crippen LogP contribution in [0.25, 0.3) is 0 Å². The van der Waals surface area contributed by atoms with Gasteiger partial charge in [0.1, 0.15) is 5.60 Å². The van der Waals surface area contributed by atoms with Crippen LogP contribution in [-0.4, -0.2) is 18.6 Å². The summed E-state index contributed by atoms with van der Waals surface area (Å²) in [5.41, 5.74) is 0.926. The molecule has 4 rings (SSSR count). The molecule has 1 heterocycles. The average molecular weight is 345 g/mol. The average Bonchev–Trinajstić information content (AvgIpc) is 2.62. The van der Waals surface area contributed by atoms with Crippen molar-refractivity contribution < 1.29 is 17.9 Å². The van der Waals surface area contributed by atoms with E-state index in [1.165, 1.54) is 0 Å². The van der Waals surface area contributed by atoms with Gasteiger partial charge in [-0.1, -0.05) is 42.5 Å². The van der Waals surface area contributed by atoms with Crippen molar-refractivity contribution in [3.8, 4) is 0 Å². The molecule has 2 atom stereocenters. The number of hydrogen-bond acceptors (Lipinski definition) is 2. The number of fused-ring (bicyclic) bond motifs is 2. The van der Waals surface area contributed by atoms with E-state index in [1.807, 2.05) is 42.5 Å². The number of benzene rings is 2. The van der Waals surface area contributed by atoms with Crippen LogP contribution in [0.3, 0.4) is 0 Å². The monoisotopic (exact) mass is 345 g/mol. The smallest absolute Gasteiger partial charge is 0.395 e. The zero-order chi connectivity index (χ0) is 17.5. The fraction of sp³-hybridized carbons (Fsp3) is 0.350. The largest absolute Gasteiger partial charge is 0.465 e. The maximum absolute atomic E-state index is 13.9. The molecule has 0 bridgehead atoms. The lowest BCUT2D eigenvalue weighted by Crippen LogP contribution is -2.51. The van der Waals surface area contributed by atoms with E-state index in [2.05, 4.69) is 4.99 Å². The summed E-state index contributed by atoms with van der Waals surface area (Å²) in [5, 5.41) is 0. The fourth-order valence-electron chi connectivity index (χ4n) is 4.05. The molecular weight excluding hydrogens is 327 g/mol. The molecule has 0 radical (unpaired) electrons. The molecule has 0 fully saturated rings. The van der Waals surface area contributed by atoms with Crippen molar-refractivity contribution in [2.24, 2.45) is 10.9 Å². The minimum atomic E-state index is -4.31. The molecule has 1 aliphatic carbocycles. The summed E-state index contributed by atoms with van der Waals surface area (Å²) >= 11 is 0. The Kier molecular flexibility index (Phi) is 3.82. The van der Waals surface area contributed by atoms with Gasteiger partial charge in [-0.15, -0.1) is 0 Å². The van der Waals surface area contributed by atoms with E-state index in [4.69, 9.17) is 4.74 Å². The first-order chi connectivity index (χ1) is 12.0. The molecule has 2 aliphatic rings. The Morgan fingerprint density at radius 2 is 1.72 bits per heavy atom. The van der Waals surface area contributed by atoms with Gasteiger partial charge in [-0.05, 0) is 36.1 Å². The Hall–Kier alpha value is -2.30. The number of alkyl halides is 3. The lowest BCUT2D eigenvalue weighted by molar-refractivity contribution is -0.234. The molecule has 5 heteroatoms. The van der Waals surface area contributed by atoms with Gasteiger partial charge in [0.15, 0.2) is 0 Å². The van der Waals surface area contributed by atoms with Crippen molar-refractivity contribution in [2.75, 3.05) is 6.54 Å². The molecule has 0 aromatic heterocycles. The quantitative estimate of drug-likeness (QED) is 0.722. The van der Waals surface area contributed by atoms with Gasteiger partial charge in [-0.3, -0.25) is 4.99 Å². The van der Waals surface area contributed by atoms with E-state index in [0.29, 0.717) is 30.0 Å². The molecule has 0 saturated carbocycles. The number of nitrogens with zero attached hydrogens (tertiary/aromatic N) is 1. The lowest BCUT2D eigenvalue weighted by atomic mass is 9.69. The fourth-order valence-corrected chi connectivity index (χ4v) is 4.05. The van der Waals surface area contributed by atoms with Crippen LogP contribution in [0.5, 0.6) is 0 Å². The highest BCUT2D eigenvalue weighted by Gasteiger charge is 2.59. The third-order valence-electron chi connectivity index (χ3n) is 5.17. The third-order valence-corrected chi connectivity index (χ3v) is 5.17. The second-order valence-corrected chi connectivity index (χ2v) is 6.58. The zero-order valence-corrected chi connectivity index (χ0v) is 13.6. The van der Waals surface area contributed by atoms with Crippen LogP contribution in [0.4, 0.5) is 13.2 Å². The second kappa shape index (κ2) is 5.90. The molecule has 2 aromatic rings. The van der Waals surface area contributed by atoms with Crippen molar-refractivity contribution in [2.45, 2.75) is 31.0 Å². The van der Waals surface area contributed by atoms with Gasteiger partial charge in [-0.2, -0.15) is 13.2 Å². The molecule has 1 aliphatic heterocycles. The normalized spacial score (nSPS) is 25.9. The summed E-state index contributed by atoms with van der Waals surface area (Å²) in [7, 11) is 0. The van der Waals surface area contributed by atoms with Crippen LogP contribution in [0.1, 0.15) is 29.5 Å². The topological polar surface area (TPSA) is 21.6 Å². The summed E-state index contributed by atoms with van der Waals surface area (Å²) in [5.74, 6) is -1.22. The lowest BCUT2D eigenvalue weighted by Gasteiger charge is -2.47. The van der Waals surface area contributed by atoms with Crippen molar-refractivity contribution in [3.05, 3.63) is 71.3 Å². The number of aryl methyl sites for hydroxylation is 1. The van der Waals surface area contributed by atoms with E-state index in [1.54, 1.807) is 12.1 Å².